The summed E-state index contributed by atoms with van der Waals surface area (Å²) in [6.45, 7) is 5.50. The maximum absolute atomic E-state index is 12.5. The van der Waals surface area contributed by atoms with Crippen LogP contribution in [0.2, 0.25) is 0 Å². The van der Waals surface area contributed by atoms with Gasteiger partial charge in [-0.05, 0) is 43.3 Å². The molecule has 29 heavy (non-hydrogen) atoms. The van der Waals surface area contributed by atoms with Gasteiger partial charge in [-0.1, -0.05) is 12.1 Å². The maximum Gasteiger partial charge on any atom is 0.279 e. The lowest BCUT2D eigenvalue weighted by Gasteiger charge is -2.33. The molecule has 150 valence electrons. The van der Waals surface area contributed by atoms with Gasteiger partial charge in [0.2, 0.25) is 0 Å². The van der Waals surface area contributed by atoms with Crippen LogP contribution >= 0.6 is 11.8 Å². The molecule has 2 N–H and O–H groups in total. The van der Waals surface area contributed by atoms with Crippen molar-refractivity contribution in [2.24, 2.45) is 0 Å². The van der Waals surface area contributed by atoms with Crippen molar-refractivity contribution < 1.29 is 14.5 Å². The summed E-state index contributed by atoms with van der Waals surface area (Å²) in [6, 6.07) is 17.4. The number of nitrogens with zero attached hydrogens (tertiary/aromatic N) is 2. The first-order chi connectivity index (χ1) is 14.1. The molecule has 2 aromatic carbocycles. The monoisotopic (exact) mass is 409 g/mol. The molecule has 7 heteroatoms. The fourth-order valence-corrected chi connectivity index (χ4v) is 4.06. The van der Waals surface area contributed by atoms with Crippen LogP contribution in [0.3, 0.4) is 0 Å². The average Bonchev–Trinajstić information content (AvgIpc) is 2.73. The molecule has 0 atom stereocenters. The van der Waals surface area contributed by atoms with E-state index in [4.69, 9.17) is 5.26 Å². The first-order valence-electron chi connectivity index (χ1n) is 9.65. The lowest BCUT2D eigenvalue weighted by molar-refractivity contribution is -0.892. The van der Waals surface area contributed by atoms with Crippen molar-refractivity contribution in [3.63, 3.8) is 0 Å². The number of Topliss-reactive ketones (excluding diaryl/α,β-unsaturated/α-hetero) is 1. The van der Waals surface area contributed by atoms with Crippen LogP contribution in [-0.4, -0.2) is 50.2 Å². The van der Waals surface area contributed by atoms with E-state index in [9.17, 15) is 9.59 Å². The summed E-state index contributed by atoms with van der Waals surface area (Å²) in [5, 5.41) is 11.8. The van der Waals surface area contributed by atoms with E-state index in [1.807, 2.05) is 48.5 Å². The summed E-state index contributed by atoms with van der Waals surface area (Å²) in [7, 11) is 0. The molecule has 3 rings (SSSR count). The van der Waals surface area contributed by atoms with Crippen molar-refractivity contribution in [1.82, 2.24) is 0 Å². The van der Waals surface area contributed by atoms with Crippen LogP contribution in [0.25, 0.3) is 0 Å². The van der Waals surface area contributed by atoms with Crippen LogP contribution in [0, 0.1) is 11.3 Å². The molecule has 1 heterocycles. The van der Waals surface area contributed by atoms with Crippen molar-refractivity contribution >= 4 is 34.8 Å². The number of ketones is 1. The number of carbonyl (C=O) groups excluding carboxylic acids is 2. The summed E-state index contributed by atoms with van der Waals surface area (Å²) < 4.78 is 0. The van der Waals surface area contributed by atoms with E-state index < -0.39 is 0 Å². The second-order valence-corrected chi connectivity index (χ2v) is 8.03. The van der Waals surface area contributed by atoms with Gasteiger partial charge in [0.1, 0.15) is 0 Å². The van der Waals surface area contributed by atoms with Crippen LogP contribution in [0.15, 0.2) is 53.4 Å². The number of anilines is 2. The van der Waals surface area contributed by atoms with Crippen molar-refractivity contribution in [1.29, 1.82) is 5.26 Å². The smallest absolute Gasteiger partial charge is 0.279 e. The van der Waals surface area contributed by atoms with Gasteiger partial charge >= 0.3 is 0 Å². The summed E-state index contributed by atoms with van der Waals surface area (Å²) in [4.78, 5) is 28.4. The first kappa shape index (κ1) is 20.9. The normalized spacial score (nSPS) is 14.3. The van der Waals surface area contributed by atoms with Crippen molar-refractivity contribution in [2.75, 3.05) is 48.7 Å². The molecule has 0 saturated carbocycles. The summed E-state index contributed by atoms with van der Waals surface area (Å²) in [6.07, 6.45) is 0. The zero-order chi connectivity index (χ0) is 20.6. The number of amides is 1. The highest BCUT2D eigenvalue weighted by Gasteiger charge is 2.22. The Morgan fingerprint density at radius 1 is 1.14 bits per heavy atom. The lowest BCUT2D eigenvalue weighted by Crippen LogP contribution is -3.15. The van der Waals surface area contributed by atoms with Crippen molar-refractivity contribution in [2.45, 2.75) is 11.8 Å². The number of nitriles is 1. The Labute approximate surface area is 175 Å². The molecule has 1 aliphatic heterocycles. The summed E-state index contributed by atoms with van der Waals surface area (Å²) in [5.74, 6) is 0.418. The standard InChI is InChI=1S/C22H24N4O2S/c1-17(27)18-6-8-19(9-7-18)26-13-11-25(12-14-26)16-22(28)24-20-4-2-3-5-21(20)29-15-10-23/h2-9H,11-16H2,1H3,(H,24,28)/p+1. The number of quaternary nitrogens is 1. The highest BCUT2D eigenvalue weighted by Crippen LogP contribution is 2.26. The van der Waals surface area contributed by atoms with E-state index in [-0.39, 0.29) is 11.7 Å². The van der Waals surface area contributed by atoms with Gasteiger partial charge in [-0.2, -0.15) is 5.26 Å². The highest BCUT2D eigenvalue weighted by molar-refractivity contribution is 7.99. The molecular formula is C22H25N4O2S+. The van der Waals surface area contributed by atoms with Crippen LogP contribution in [0.4, 0.5) is 11.4 Å². The predicted molar refractivity (Wildman–Crippen MR) is 116 cm³/mol. The van der Waals surface area contributed by atoms with Gasteiger partial charge in [0.05, 0.1) is 43.7 Å². The number of rotatable bonds is 7. The topological polar surface area (TPSA) is 77.6 Å². The Bertz CT molecular complexity index is 900. The van der Waals surface area contributed by atoms with Crippen molar-refractivity contribution in [3.8, 4) is 6.07 Å². The molecule has 0 bridgehead atoms. The second kappa shape index (κ2) is 10.1. The molecule has 2 aromatic rings. The minimum atomic E-state index is -0.00994. The molecule has 1 fully saturated rings. The Morgan fingerprint density at radius 3 is 2.48 bits per heavy atom. The number of thioether (sulfide) groups is 1. The fraction of sp³-hybridized carbons (Fsp3) is 0.318. The van der Waals surface area contributed by atoms with E-state index in [2.05, 4.69) is 16.3 Å². The van der Waals surface area contributed by atoms with E-state index in [1.165, 1.54) is 16.7 Å². The molecule has 0 unspecified atom stereocenters. The predicted octanol–water partition coefficient (Wildman–Crippen LogP) is 1.85. The van der Waals surface area contributed by atoms with E-state index >= 15 is 0 Å². The Hall–Kier alpha value is -2.82. The second-order valence-electron chi connectivity index (χ2n) is 7.01. The largest absolute Gasteiger partial charge is 0.360 e. The number of para-hydroxylation sites is 1. The molecule has 6 nitrogen and oxygen atoms in total. The van der Waals surface area contributed by atoms with Crippen LogP contribution in [-0.2, 0) is 4.79 Å². The van der Waals surface area contributed by atoms with Gasteiger partial charge in [-0.25, -0.2) is 0 Å². The molecule has 0 radical (unpaired) electrons. The molecule has 0 aliphatic carbocycles. The summed E-state index contributed by atoms with van der Waals surface area (Å²) in [5.41, 5.74) is 2.60. The summed E-state index contributed by atoms with van der Waals surface area (Å²) >= 11 is 1.43. The van der Waals surface area contributed by atoms with Gasteiger partial charge in [0, 0.05) is 16.1 Å². The number of carbonyl (C=O) groups is 2. The minimum absolute atomic E-state index is 0.00994. The molecule has 1 amide bonds. The van der Waals surface area contributed by atoms with Crippen LogP contribution < -0.4 is 15.1 Å². The van der Waals surface area contributed by atoms with Crippen LogP contribution in [0.1, 0.15) is 17.3 Å². The quantitative estimate of drug-likeness (QED) is 0.539. The van der Waals surface area contributed by atoms with Gasteiger partial charge in [-0.15, -0.1) is 11.8 Å². The number of hydrogen-bond acceptors (Lipinski definition) is 5. The van der Waals surface area contributed by atoms with Gasteiger partial charge < -0.3 is 15.1 Å². The maximum atomic E-state index is 12.5. The Morgan fingerprint density at radius 2 is 1.83 bits per heavy atom. The van der Waals surface area contributed by atoms with Gasteiger partial charge in [-0.3, -0.25) is 9.59 Å². The molecular weight excluding hydrogens is 384 g/mol. The Kier molecular flexibility index (Phi) is 7.28. The van der Waals surface area contributed by atoms with Gasteiger partial charge in [0.25, 0.3) is 5.91 Å². The van der Waals surface area contributed by atoms with Crippen molar-refractivity contribution in [3.05, 3.63) is 54.1 Å². The molecule has 1 aliphatic rings. The zero-order valence-electron chi connectivity index (χ0n) is 16.5. The van der Waals surface area contributed by atoms with E-state index in [1.54, 1.807) is 6.92 Å². The SMILES string of the molecule is CC(=O)c1ccc(N2CC[NH+](CC(=O)Nc3ccccc3SCC#N)CC2)cc1. The highest BCUT2D eigenvalue weighted by atomic mass is 32.2. The van der Waals surface area contributed by atoms with Crippen LogP contribution in [0.5, 0.6) is 0 Å². The number of piperazine rings is 1. The third-order valence-corrected chi connectivity index (χ3v) is 5.91. The molecule has 1 saturated heterocycles. The number of hydrogen-bond donors (Lipinski definition) is 2. The molecule has 0 aromatic heterocycles. The number of nitrogens with one attached hydrogen (secondary N) is 2. The minimum Gasteiger partial charge on any atom is -0.360 e. The number of benzene rings is 2. The average molecular weight is 410 g/mol. The fourth-order valence-electron chi connectivity index (χ4n) is 3.39. The molecule has 0 spiro atoms. The third kappa shape index (κ3) is 5.83. The Balaban J connectivity index is 1.50. The third-order valence-electron chi connectivity index (χ3n) is 4.97. The van der Waals surface area contributed by atoms with E-state index in [0.717, 1.165) is 48.0 Å². The zero-order valence-corrected chi connectivity index (χ0v) is 17.3. The first-order valence-corrected chi connectivity index (χ1v) is 10.6. The van der Waals surface area contributed by atoms with Gasteiger partial charge in [0.15, 0.2) is 12.3 Å². The van der Waals surface area contributed by atoms with E-state index in [0.29, 0.717) is 12.3 Å². The lowest BCUT2D eigenvalue weighted by atomic mass is 10.1.